The SMILES string of the molecule is CN1CCN(CCOc2ccc3c(c2Cl)c2cc(F)ccc2c2cn4ncnc(O[C@@H](Cc5ccccc5OCC5CC5)[N+](=O)[O-])c4c23)CC1. The van der Waals surface area contributed by atoms with Crippen molar-refractivity contribution in [3.63, 3.8) is 0 Å². The quantitative estimate of drug-likeness (QED) is 0.0603. The Bertz CT molecular complexity index is 2240. The summed E-state index contributed by atoms with van der Waals surface area (Å²) >= 11 is 7.11. The zero-order valence-corrected chi connectivity index (χ0v) is 28.3. The van der Waals surface area contributed by atoms with Crippen LogP contribution < -0.4 is 14.2 Å². The lowest BCUT2D eigenvalue weighted by atomic mass is 9.95. The van der Waals surface area contributed by atoms with Crippen molar-refractivity contribution in [2.75, 3.05) is 53.0 Å². The number of nitrogens with zero attached hydrogens (tertiary/aromatic N) is 6. The van der Waals surface area contributed by atoms with Crippen molar-refractivity contribution in [2.45, 2.75) is 25.5 Å². The second kappa shape index (κ2) is 13.5. The summed E-state index contributed by atoms with van der Waals surface area (Å²) in [5.74, 6) is 1.27. The summed E-state index contributed by atoms with van der Waals surface area (Å²) in [4.78, 5) is 21.1. The summed E-state index contributed by atoms with van der Waals surface area (Å²) in [7, 11) is 2.12. The van der Waals surface area contributed by atoms with Gasteiger partial charge in [-0.2, -0.15) is 10.1 Å². The van der Waals surface area contributed by atoms with E-state index in [0.717, 1.165) is 56.3 Å². The minimum Gasteiger partial charge on any atom is -0.493 e. The summed E-state index contributed by atoms with van der Waals surface area (Å²) in [5.41, 5.74) is 1.11. The van der Waals surface area contributed by atoms with E-state index in [2.05, 4.69) is 26.9 Å². The van der Waals surface area contributed by atoms with Gasteiger partial charge in [-0.1, -0.05) is 35.9 Å². The van der Waals surface area contributed by atoms with Gasteiger partial charge in [-0.05, 0) is 72.3 Å². The maximum absolute atomic E-state index is 14.8. The molecule has 13 heteroatoms. The molecule has 2 fully saturated rings. The molecule has 1 saturated heterocycles. The van der Waals surface area contributed by atoms with Crippen molar-refractivity contribution in [1.29, 1.82) is 0 Å². The molecule has 8 rings (SSSR count). The van der Waals surface area contributed by atoms with Crippen molar-refractivity contribution >= 4 is 49.4 Å². The number of rotatable bonds is 12. The van der Waals surface area contributed by atoms with Gasteiger partial charge in [0.15, 0.2) is 0 Å². The molecule has 0 amide bonds. The third-order valence-electron chi connectivity index (χ3n) is 9.74. The fraction of sp³-hybridized carbons (Fsp3) is 0.351. The summed E-state index contributed by atoms with van der Waals surface area (Å²) in [6, 6.07) is 15.6. The highest BCUT2D eigenvalue weighted by molar-refractivity contribution is 6.42. The minimum atomic E-state index is -1.46. The molecular weight excluding hydrogens is 663 g/mol. The Hall–Kier alpha value is -4.78. The molecule has 0 bridgehead atoms. The zero-order chi connectivity index (χ0) is 34.4. The molecule has 6 aromatic rings. The van der Waals surface area contributed by atoms with Crippen LogP contribution in [-0.4, -0.2) is 88.5 Å². The first-order valence-electron chi connectivity index (χ1n) is 16.9. The largest absolute Gasteiger partial charge is 0.493 e. The van der Waals surface area contributed by atoms with Crippen LogP contribution in [0.4, 0.5) is 4.39 Å². The summed E-state index contributed by atoms with van der Waals surface area (Å²) < 4.78 is 34.8. The monoisotopic (exact) mass is 698 g/mol. The fourth-order valence-corrected chi connectivity index (χ4v) is 7.10. The highest BCUT2D eigenvalue weighted by atomic mass is 35.5. The van der Waals surface area contributed by atoms with E-state index in [9.17, 15) is 14.5 Å². The molecule has 258 valence electrons. The highest BCUT2D eigenvalue weighted by Crippen LogP contribution is 2.45. The first-order valence-corrected chi connectivity index (χ1v) is 17.3. The summed E-state index contributed by atoms with van der Waals surface area (Å²) in [6.45, 7) is 5.75. The smallest absolute Gasteiger partial charge is 0.359 e. The van der Waals surface area contributed by atoms with E-state index in [4.69, 9.17) is 25.8 Å². The average Bonchev–Trinajstić information content (AvgIpc) is 3.86. The Morgan fingerprint density at radius 1 is 0.980 bits per heavy atom. The van der Waals surface area contributed by atoms with Gasteiger partial charge in [0.1, 0.15) is 35.8 Å². The molecule has 11 nitrogen and oxygen atoms in total. The van der Waals surface area contributed by atoms with Crippen molar-refractivity contribution in [1.82, 2.24) is 24.4 Å². The van der Waals surface area contributed by atoms with Crippen LogP contribution >= 0.6 is 11.6 Å². The molecule has 0 N–H and O–H groups in total. The Kier molecular flexibility index (Phi) is 8.76. The second-order valence-electron chi connectivity index (χ2n) is 13.2. The van der Waals surface area contributed by atoms with Gasteiger partial charge < -0.3 is 19.1 Å². The molecule has 1 aliphatic carbocycles. The Morgan fingerprint density at radius 3 is 2.58 bits per heavy atom. The number of likely N-dealkylation sites (N-methyl/N-ethyl adjacent to an activating group) is 1. The maximum Gasteiger partial charge on any atom is 0.359 e. The Labute approximate surface area is 292 Å². The second-order valence-corrected chi connectivity index (χ2v) is 13.6. The molecular formula is C37H36ClFN6O5. The van der Waals surface area contributed by atoms with Crippen LogP contribution in [0, 0.1) is 21.8 Å². The zero-order valence-electron chi connectivity index (χ0n) is 27.6. The van der Waals surface area contributed by atoms with Crippen LogP contribution in [0.1, 0.15) is 18.4 Å². The van der Waals surface area contributed by atoms with E-state index in [1.165, 1.54) is 18.5 Å². The summed E-state index contributed by atoms with van der Waals surface area (Å²) in [6.07, 6.45) is 3.87. The number of ether oxygens (including phenoxy) is 3. The van der Waals surface area contributed by atoms with Gasteiger partial charge in [-0.3, -0.25) is 15.0 Å². The van der Waals surface area contributed by atoms with Gasteiger partial charge >= 0.3 is 6.23 Å². The van der Waals surface area contributed by atoms with E-state index >= 15 is 0 Å². The van der Waals surface area contributed by atoms with Gasteiger partial charge in [0.2, 0.25) is 5.88 Å². The molecule has 50 heavy (non-hydrogen) atoms. The molecule has 2 aliphatic rings. The number of piperazine rings is 1. The fourth-order valence-electron chi connectivity index (χ4n) is 6.78. The lowest BCUT2D eigenvalue weighted by molar-refractivity contribution is -0.562. The normalized spacial score (nSPS) is 16.4. The highest BCUT2D eigenvalue weighted by Gasteiger charge is 2.29. The molecule has 4 aromatic carbocycles. The van der Waals surface area contributed by atoms with Crippen molar-refractivity contribution in [3.05, 3.63) is 93.6 Å². The van der Waals surface area contributed by atoms with Crippen LogP contribution in [-0.2, 0) is 6.42 Å². The third kappa shape index (κ3) is 6.34. The van der Waals surface area contributed by atoms with Crippen molar-refractivity contribution in [2.24, 2.45) is 5.92 Å². The van der Waals surface area contributed by atoms with Gasteiger partial charge in [-0.15, -0.1) is 0 Å². The lowest BCUT2D eigenvalue weighted by Crippen LogP contribution is -2.45. The molecule has 0 unspecified atom stereocenters. The van der Waals surface area contributed by atoms with Crippen LogP contribution in [0.2, 0.25) is 5.02 Å². The number of nitro groups is 1. The van der Waals surface area contributed by atoms with Crippen LogP contribution in [0.25, 0.3) is 37.8 Å². The Balaban J connectivity index is 1.19. The standard InChI is InChI=1S/C37H36ClFN6O5/c1-42-12-14-43(15-13-42)16-17-48-31-11-10-27-33(35(31)38)28-19-25(39)8-9-26(28)29-20-44-36(34(27)29)37(40-22-41-44)50-32(45(46)47)18-24-4-2-3-5-30(24)49-21-23-6-7-23/h2-5,8-11,19-20,22-23,32H,6-7,12-18,21H2,1H3/t32-/m0/s1. The predicted molar refractivity (Wildman–Crippen MR) is 190 cm³/mol. The third-order valence-corrected chi connectivity index (χ3v) is 10.1. The lowest BCUT2D eigenvalue weighted by Gasteiger charge is -2.32. The summed E-state index contributed by atoms with van der Waals surface area (Å²) in [5, 5.41) is 21.3. The van der Waals surface area contributed by atoms with Crippen LogP contribution in [0.5, 0.6) is 17.4 Å². The number of para-hydroxylation sites is 1. The molecule has 1 saturated carbocycles. The minimum absolute atomic E-state index is 0.0355. The molecule has 0 radical (unpaired) electrons. The van der Waals surface area contributed by atoms with E-state index in [1.807, 2.05) is 36.4 Å². The van der Waals surface area contributed by atoms with Gasteiger partial charge in [0.05, 0.1) is 23.0 Å². The number of benzene rings is 4. The average molecular weight is 699 g/mol. The molecule has 3 heterocycles. The van der Waals surface area contributed by atoms with E-state index in [-0.39, 0.29) is 12.3 Å². The molecule has 1 aliphatic heterocycles. The number of aromatic nitrogens is 3. The topological polar surface area (TPSA) is 108 Å². The molecule has 1 atom stereocenters. The first-order chi connectivity index (χ1) is 24.3. The van der Waals surface area contributed by atoms with Crippen LogP contribution in [0.3, 0.4) is 0 Å². The van der Waals surface area contributed by atoms with Crippen molar-refractivity contribution < 1.29 is 23.5 Å². The molecule has 0 spiro atoms. The van der Waals surface area contributed by atoms with Crippen molar-refractivity contribution in [3.8, 4) is 17.4 Å². The number of hydrogen-bond acceptors (Lipinski definition) is 9. The first kappa shape index (κ1) is 32.4. The number of fused-ring (bicyclic) bond motifs is 8. The maximum atomic E-state index is 14.8. The number of halogens is 2. The van der Waals surface area contributed by atoms with Crippen LogP contribution in [0.15, 0.2) is 67.1 Å². The van der Waals surface area contributed by atoms with Gasteiger partial charge in [0.25, 0.3) is 0 Å². The van der Waals surface area contributed by atoms with Gasteiger partial charge in [-0.25, -0.2) is 8.91 Å². The van der Waals surface area contributed by atoms with E-state index in [0.29, 0.717) is 68.3 Å². The Morgan fingerprint density at radius 2 is 1.78 bits per heavy atom. The molecule has 2 aromatic heterocycles. The number of hydrogen-bond donors (Lipinski definition) is 0. The van der Waals surface area contributed by atoms with E-state index < -0.39 is 17.0 Å². The predicted octanol–water partition coefficient (Wildman–Crippen LogP) is 6.62. The van der Waals surface area contributed by atoms with E-state index in [1.54, 1.807) is 16.8 Å². The van der Waals surface area contributed by atoms with Gasteiger partial charge in [0, 0.05) is 60.6 Å².